The number of piperidine rings is 1. The molecule has 0 amide bonds. The van der Waals surface area contributed by atoms with Crippen LogP contribution in [0.4, 0.5) is 0 Å². The van der Waals surface area contributed by atoms with Crippen LogP contribution in [-0.2, 0) is 4.74 Å². The highest BCUT2D eigenvalue weighted by atomic mass is 16.5. The zero-order chi connectivity index (χ0) is 11.3. The highest BCUT2D eigenvalue weighted by Crippen LogP contribution is 2.19. The SMILES string of the molecule is CCOCC(C)N1CCC(NC)CC1C. The van der Waals surface area contributed by atoms with E-state index in [1.807, 2.05) is 0 Å². The molecule has 3 unspecified atom stereocenters. The van der Waals surface area contributed by atoms with Gasteiger partial charge in [0, 0.05) is 31.3 Å². The summed E-state index contributed by atoms with van der Waals surface area (Å²) in [6.07, 6.45) is 2.52. The first-order valence-electron chi connectivity index (χ1n) is 6.19. The second-order valence-electron chi connectivity index (χ2n) is 4.61. The summed E-state index contributed by atoms with van der Waals surface area (Å²) >= 11 is 0. The molecule has 0 bridgehead atoms. The molecule has 1 aliphatic rings. The van der Waals surface area contributed by atoms with Crippen molar-refractivity contribution >= 4 is 0 Å². The van der Waals surface area contributed by atoms with Crippen molar-refractivity contribution in [2.75, 3.05) is 26.8 Å². The van der Waals surface area contributed by atoms with Crippen molar-refractivity contribution in [2.24, 2.45) is 0 Å². The van der Waals surface area contributed by atoms with E-state index < -0.39 is 0 Å². The lowest BCUT2D eigenvalue weighted by atomic mass is 9.97. The molecule has 0 aliphatic carbocycles. The van der Waals surface area contributed by atoms with Crippen LogP contribution in [0.5, 0.6) is 0 Å². The summed E-state index contributed by atoms with van der Waals surface area (Å²) in [7, 11) is 2.07. The lowest BCUT2D eigenvalue weighted by molar-refractivity contribution is 0.0330. The first-order valence-corrected chi connectivity index (χ1v) is 6.19. The molecular formula is C12H26N2O. The third kappa shape index (κ3) is 3.74. The number of nitrogens with zero attached hydrogens (tertiary/aromatic N) is 1. The number of nitrogens with one attached hydrogen (secondary N) is 1. The van der Waals surface area contributed by atoms with Gasteiger partial charge < -0.3 is 10.1 Å². The van der Waals surface area contributed by atoms with E-state index in [2.05, 4.69) is 38.0 Å². The molecular weight excluding hydrogens is 188 g/mol. The molecule has 90 valence electrons. The molecule has 0 radical (unpaired) electrons. The van der Waals surface area contributed by atoms with Gasteiger partial charge in [0.2, 0.25) is 0 Å². The maximum atomic E-state index is 5.49. The van der Waals surface area contributed by atoms with E-state index in [0.717, 1.165) is 13.2 Å². The van der Waals surface area contributed by atoms with Crippen LogP contribution < -0.4 is 5.32 Å². The first kappa shape index (κ1) is 12.9. The molecule has 1 saturated heterocycles. The van der Waals surface area contributed by atoms with Crippen molar-refractivity contribution in [3.05, 3.63) is 0 Å². The van der Waals surface area contributed by atoms with Crippen molar-refractivity contribution in [1.82, 2.24) is 10.2 Å². The van der Waals surface area contributed by atoms with Crippen molar-refractivity contribution in [1.29, 1.82) is 0 Å². The van der Waals surface area contributed by atoms with E-state index in [4.69, 9.17) is 4.74 Å². The summed E-state index contributed by atoms with van der Waals surface area (Å²) in [5.41, 5.74) is 0. The summed E-state index contributed by atoms with van der Waals surface area (Å²) < 4.78 is 5.49. The molecule has 3 heteroatoms. The Morgan fingerprint density at radius 1 is 1.53 bits per heavy atom. The molecule has 0 aromatic carbocycles. The van der Waals surface area contributed by atoms with Gasteiger partial charge >= 0.3 is 0 Å². The number of ether oxygens (including phenoxy) is 1. The van der Waals surface area contributed by atoms with Crippen LogP contribution in [0.15, 0.2) is 0 Å². The third-order valence-electron chi connectivity index (χ3n) is 3.47. The number of hydrogen-bond donors (Lipinski definition) is 1. The van der Waals surface area contributed by atoms with Crippen LogP contribution in [0.1, 0.15) is 33.6 Å². The maximum absolute atomic E-state index is 5.49. The van der Waals surface area contributed by atoms with Crippen LogP contribution in [-0.4, -0.2) is 49.8 Å². The quantitative estimate of drug-likeness (QED) is 0.750. The molecule has 1 heterocycles. The minimum atomic E-state index is 0.553. The van der Waals surface area contributed by atoms with Crippen LogP contribution in [0, 0.1) is 0 Å². The van der Waals surface area contributed by atoms with Gasteiger partial charge in [-0.1, -0.05) is 0 Å². The minimum Gasteiger partial charge on any atom is -0.380 e. The van der Waals surface area contributed by atoms with Gasteiger partial charge in [0.05, 0.1) is 6.61 Å². The average Bonchev–Trinajstić information content (AvgIpc) is 2.25. The topological polar surface area (TPSA) is 24.5 Å². The van der Waals surface area contributed by atoms with E-state index in [-0.39, 0.29) is 0 Å². The Balaban J connectivity index is 2.36. The largest absolute Gasteiger partial charge is 0.380 e. The van der Waals surface area contributed by atoms with Gasteiger partial charge in [0.15, 0.2) is 0 Å². The molecule has 0 saturated carbocycles. The van der Waals surface area contributed by atoms with Crippen molar-refractivity contribution in [2.45, 2.75) is 51.7 Å². The van der Waals surface area contributed by atoms with Gasteiger partial charge in [-0.3, -0.25) is 4.90 Å². The zero-order valence-corrected chi connectivity index (χ0v) is 10.6. The van der Waals surface area contributed by atoms with Crippen molar-refractivity contribution < 1.29 is 4.74 Å². The average molecular weight is 214 g/mol. The number of hydrogen-bond acceptors (Lipinski definition) is 3. The Bertz CT molecular complexity index is 171. The van der Waals surface area contributed by atoms with Crippen LogP contribution in [0.3, 0.4) is 0 Å². The Morgan fingerprint density at radius 2 is 2.27 bits per heavy atom. The second kappa shape index (κ2) is 6.46. The fourth-order valence-corrected chi connectivity index (χ4v) is 2.49. The van der Waals surface area contributed by atoms with E-state index in [0.29, 0.717) is 18.1 Å². The maximum Gasteiger partial charge on any atom is 0.0619 e. The first-order chi connectivity index (χ1) is 7.19. The van der Waals surface area contributed by atoms with Crippen LogP contribution in [0.2, 0.25) is 0 Å². The van der Waals surface area contributed by atoms with E-state index >= 15 is 0 Å². The van der Waals surface area contributed by atoms with Crippen LogP contribution in [0.25, 0.3) is 0 Å². The summed E-state index contributed by atoms with van der Waals surface area (Å²) in [5.74, 6) is 0. The molecule has 0 spiro atoms. The smallest absolute Gasteiger partial charge is 0.0619 e. The molecule has 15 heavy (non-hydrogen) atoms. The lowest BCUT2D eigenvalue weighted by Crippen LogP contribution is -2.51. The normalized spacial score (nSPS) is 30.4. The standard InChI is InChI=1S/C12H26N2O/c1-5-15-9-11(3)14-7-6-12(13-4)8-10(14)2/h10-13H,5-9H2,1-4H3. The van der Waals surface area contributed by atoms with E-state index in [9.17, 15) is 0 Å². The fourth-order valence-electron chi connectivity index (χ4n) is 2.49. The summed E-state index contributed by atoms with van der Waals surface area (Å²) in [5, 5.41) is 3.38. The Kier molecular flexibility index (Phi) is 5.58. The molecule has 0 aromatic rings. The Hall–Kier alpha value is -0.120. The van der Waals surface area contributed by atoms with Gasteiger partial charge in [-0.05, 0) is 40.7 Å². The third-order valence-corrected chi connectivity index (χ3v) is 3.47. The Labute approximate surface area is 94.2 Å². The van der Waals surface area contributed by atoms with Gasteiger partial charge in [-0.15, -0.1) is 0 Å². The molecule has 0 aromatic heterocycles. The zero-order valence-electron chi connectivity index (χ0n) is 10.6. The van der Waals surface area contributed by atoms with Crippen molar-refractivity contribution in [3.63, 3.8) is 0 Å². The highest BCUT2D eigenvalue weighted by Gasteiger charge is 2.27. The Morgan fingerprint density at radius 3 is 2.80 bits per heavy atom. The number of rotatable bonds is 5. The minimum absolute atomic E-state index is 0.553. The predicted molar refractivity (Wildman–Crippen MR) is 64.2 cm³/mol. The van der Waals surface area contributed by atoms with Gasteiger partial charge in [0.25, 0.3) is 0 Å². The highest BCUT2D eigenvalue weighted by molar-refractivity contribution is 4.84. The summed E-state index contributed by atoms with van der Waals surface area (Å²) in [4.78, 5) is 2.57. The molecule has 1 aliphatic heterocycles. The van der Waals surface area contributed by atoms with Gasteiger partial charge in [-0.25, -0.2) is 0 Å². The van der Waals surface area contributed by atoms with Crippen LogP contribution >= 0.6 is 0 Å². The summed E-state index contributed by atoms with van der Waals surface area (Å²) in [6, 6.07) is 1.93. The van der Waals surface area contributed by atoms with Crippen molar-refractivity contribution in [3.8, 4) is 0 Å². The lowest BCUT2D eigenvalue weighted by Gasteiger charge is -2.41. The van der Waals surface area contributed by atoms with Gasteiger partial charge in [-0.2, -0.15) is 0 Å². The predicted octanol–water partition coefficient (Wildman–Crippen LogP) is 1.48. The second-order valence-corrected chi connectivity index (χ2v) is 4.61. The fraction of sp³-hybridized carbons (Fsp3) is 1.00. The number of likely N-dealkylation sites (tertiary alicyclic amines) is 1. The molecule has 3 atom stereocenters. The molecule has 3 nitrogen and oxygen atoms in total. The molecule has 1 rings (SSSR count). The van der Waals surface area contributed by atoms with E-state index in [1.165, 1.54) is 19.4 Å². The summed E-state index contributed by atoms with van der Waals surface area (Å²) in [6.45, 7) is 9.54. The monoisotopic (exact) mass is 214 g/mol. The molecule has 1 N–H and O–H groups in total. The molecule has 1 fully saturated rings. The van der Waals surface area contributed by atoms with Gasteiger partial charge in [0.1, 0.15) is 0 Å². The van der Waals surface area contributed by atoms with E-state index in [1.54, 1.807) is 0 Å².